The summed E-state index contributed by atoms with van der Waals surface area (Å²) in [4.78, 5) is 16.3. The molecule has 0 aliphatic carbocycles. The molecule has 1 aromatic carbocycles. The van der Waals surface area contributed by atoms with E-state index in [1.54, 1.807) is 0 Å². The van der Waals surface area contributed by atoms with Crippen LogP contribution < -0.4 is 5.32 Å². The summed E-state index contributed by atoms with van der Waals surface area (Å²) in [5.74, 6) is 1.08. The quantitative estimate of drug-likeness (QED) is 0.822. The van der Waals surface area contributed by atoms with E-state index in [2.05, 4.69) is 14.7 Å². The van der Waals surface area contributed by atoms with Crippen molar-refractivity contribution in [2.45, 2.75) is 23.3 Å². The monoisotopic (exact) mass is 335 g/mol. The molecule has 2 aromatic rings. The first kappa shape index (κ1) is 15.5. The van der Waals surface area contributed by atoms with Gasteiger partial charge in [-0.2, -0.15) is 4.37 Å². The summed E-state index contributed by atoms with van der Waals surface area (Å²) in [5.41, 5.74) is 0.994. The maximum atomic E-state index is 11.8. The Hall–Kier alpha value is -1.44. The highest BCUT2D eigenvalue weighted by molar-refractivity contribution is 8.01. The van der Waals surface area contributed by atoms with Crippen molar-refractivity contribution in [3.8, 4) is 11.4 Å². The fourth-order valence-corrected chi connectivity index (χ4v) is 3.63. The number of carbonyl (C=O) groups excluding carboxylic acids is 1. The zero-order valence-corrected chi connectivity index (χ0v) is 13.7. The lowest BCUT2D eigenvalue weighted by atomic mass is 10.2. The Labute approximate surface area is 137 Å². The van der Waals surface area contributed by atoms with Gasteiger partial charge >= 0.3 is 0 Å². The molecule has 3 rings (SSSR count). The van der Waals surface area contributed by atoms with Crippen LogP contribution in [0.2, 0.25) is 0 Å². The lowest BCUT2D eigenvalue weighted by Crippen LogP contribution is -2.32. The number of carbonyl (C=O) groups is 1. The SMILES string of the molecule is O=C(CSc1nc(-c2ccccc2)ns1)NC[C@H]1CCCO1. The number of rotatable bonds is 6. The Morgan fingerprint density at radius 1 is 1.41 bits per heavy atom. The van der Waals surface area contributed by atoms with Crippen LogP contribution in [0.4, 0.5) is 0 Å². The maximum absolute atomic E-state index is 11.8. The van der Waals surface area contributed by atoms with Gasteiger partial charge in [0, 0.05) is 18.7 Å². The number of nitrogens with zero attached hydrogens (tertiary/aromatic N) is 2. The highest BCUT2D eigenvalue weighted by Gasteiger charge is 2.16. The van der Waals surface area contributed by atoms with Crippen LogP contribution in [0.15, 0.2) is 34.7 Å². The average molecular weight is 335 g/mol. The zero-order valence-electron chi connectivity index (χ0n) is 12.0. The Balaban J connectivity index is 1.45. The third kappa shape index (κ3) is 4.28. The predicted octanol–water partition coefficient (Wildman–Crippen LogP) is 2.59. The molecule has 7 heteroatoms. The van der Waals surface area contributed by atoms with Crippen molar-refractivity contribution in [2.24, 2.45) is 0 Å². The average Bonchev–Trinajstić information content (AvgIpc) is 3.23. The summed E-state index contributed by atoms with van der Waals surface area (Å²) in [5, 5.41) is 2.91. The van der Waals surface area contributed by atoms with Gasteiger partial charge in [-0.1, -0.05) is 42.1 Å². The molecule has 1 atom stereocenters. The molecular formula is C15H17N3O2S2. The van der Waals surface area contributed by atoms with Crippen molar-refractivity contribution in [1.29, 1.82) is 0 Å². The molecular weight excluding hydrogens is 318 g/mol. The fraction of sp³-hybridized carbons (Fsp3) is 0.400. The van der Waals surface area contributed by atoms with Crippen LogP contribution in [-0.4, -0.2) is 40.3 Å². The smallest absolute Gasteiger partial charge is 0.230 e. The fourth-order valence-electron chi connectivity index (χ4n) is 2.18. The van der Waals surface area contributed by atoms with Gasteiger partial charge < -0.3 is 10.1 Å². The number of hydrogen-bond donors (Lipinski definition) is 1. The van der Waals surface area contributed by atoms with E-state index in [0.29, 0.717) is 18.1 Å². The van der Waals surface area contributed by atoms with E-state index in [9.17, 15) is 4.79 Å². The lowest BCUT2D eigenvalue weighted by Gasteiger charge is -2.09. The molecule has 0 radical (unpaired) electrons. The minimum Gasteiger partial charge on any atom is -0.376 e. The third-order valence-electron chi connectivity index (χ3n) is 3.32. The molecule has 1 fully saturated rings. The second-order valence-corrected chi connectivity index (χ2v) is 6.95. The highest BCUT2D eigenvalue weighted by atomic mass is 32.2. The van der Waals surface area contributed by atoms with Gasteiger partial charge in [-0.15, -0.1) is 0 Å². The van der Waals surface area contributed by atoms with Gasteiger partial charge in [-0.25, -0.2) is 4.98 Å². The van der Waals surface area contributed by atoms with Crippen LogP contribution in [-0.2, 0) is 9.53 Å². The summed E-state index contributed by atoms with van der Waals surface area (Å²) in [6.07, 6.45) is 2.30. The first-order valence-electron chi connectivity index (χ1n) is 7.21. The standard InChI is InChI=1S/C15H17N3O2S2/c19-13(16-9-12-7-4-8-20-12)10-21-15-17-14(18-22-15)11-5-2-1-3-6-11/h1-3,5-6,12H,4,7-10H2,(H,16,19)/t12-/m1/s1. The molecule has 0 bridgehead atoms. The third-order valence-corrected chi connectivity index (χ3v) is 5.15. The van der Waals surface area contributed by atoms with E-state index in [4.69, 9.17) is 4.74 Å². The summed E-state index contributed by atoms with van der Waals surface area (Å²) in [6, 6.07) is 9.84. The van der Waals surface area contributed by atoms with E-state index >= 15 is 0 Å². The van der Waals surface area contributed by atoms with Gasteiger partial charge in [0.15, 0.2) is 10.2 Å². The Morgan fingerprint density at radius 3 is 3.05 bits per heavy atom. The van der Waals surface area contributed by atoms with Crippen molar-refractivity contribution in [3.05, 3.63) is 30.3 Å². The van der Waals surface area contributed by atoms with E-state index in [1.165, 1.54) is 23.3 Å². The van der Waals surface area contributed by atoms with Crippen molar-refractivity contribution >= 4 is 29.2 Å². The van der Waals surface area contributed by atoms with E-state index < -0.39 is 0 Å². The van der Waals surface area contributed by atoms with Crippen LogP contribution in [0.1, 0.15) is 12.8 Å². The number of aromatic nitrogens is 2. The largest absolute Gasteiger partial charge is 0.376 e. The molecule has 22 heavy (non-hydrogen) atoms. The maximum Gasteiger partial charge on any atom is 0.230 e. The summed E-state index contributed by atoms with van der Waals surface area (Å²) in [7, 11) is 0. The van der Waals surface area contributed by atoms with Gasteiger partial charge in [-0.3, -0.25) is 4.79 Å². The van der Waals surface area contributed by atoms with Crippen molar-refractivity contribution in [3.63, 3.8) is 0 Å². The zero-order chi connectivity index (χ0) is 15.2. The van der Waals surface area contributed by atoms with Crippen molar-refractivity contribution in [1.82, 2.24) is 14.7 Å². The summed E-state index contributed by atoms with van der Waals surface area (Å²) in [6.45, 7) is 1.41. The molecule has 0 unspecified atom stereocenters. The molecule has 1 saturated heterocycles. The topological polar surface area (TPSA) is 64.1 Å². The van der Waals surface area contributed by atoms with Gasteiger partial charge in [0.25, 0.3) is 0 Å². The molecule has 1 N–H and O–H groups in total. The molecule has 2 heterocycles. The predicted molar refractivity (Wildman–Crippen MR) is 88.1 cm³/mol. The van der Waals surface area contributed by atoms with Crippen LogP contribution in [0, 0.1) is 0 Å². The number of benzene rings is 1. The highest BCUT2D eigenvalue weighted by Crippen LogP contribution is 2.24. The Bertz CT molecular complexity index is 612. The first-order valence-corrected chi connectivity index (χ1v) is 8.97. The molecule has 1 aliphatic heterocycles. The minimum absolute atomic E-state index is 0.0111. The second-order valence-electron chi connectivity index (χ2n) is 4.98. The van der Waals surface area contributed by atoms with Gasteiger partial charge in [0.1, 0.15) is 0 Å². The normalized spacial score (nSPS) is 17.5. The van der Waals surface area contributed by atoms with E-state index in [-0.39, 0.29) is 12.0 Å². The summed E-state index contributed by atoms with van der Waals surface area (Å²) < 4.78 is 10.6. The number of thioether (sulfide) groups is 1. The van der Waals surface area contributed by atoms with Gasteiger partial charge in [-0.05, 0) is 24.4 Å². The minimum atomic E-state index is 0.0111. The number of ether oxygens (including phenoxy) is 1. The summed E-state index contributed by atoms with van der Waals surface area (Å²) >= 11 is 2.75. The molecule has 1 aliphatic rings. The van der Waals surface area contributed by atoms with Crippen LogP contribution in [0.5, 0.6) is 0 Å². The van der Waals surface area contributed by atoms with Crippen LogP contribution in [0.3, 0.4) is 0 Å². The van der Waals surface area contributed by atoms with Crippen LogP contribution in [0.25, 0.3) is 11.4 Å². The molecule has 5 nitrogen and oxygen atoms in total. The van der Waals surface area contributed by atoms with Crippen molar-refractivity contribution in [2.75, 3.05) is 18.9 Å². The number of hydrogen-bond acceptors (Lipinski definition) is 6. The molecule has 0 saturated carbocycles. The van der Waals surface area contributed by atoms with Crippen molar-refractivity contribution < 1.29 is 9.53 Å². The lowest BCUT2D eigenvalue weighted by molar-refractivity contribution is -0.119. The van der Waals surface area contributed by atoms with E-state index in [0.717, 1.165) is 29.4 Å². The van der Waals surface area contributed by atoms with E-state index in [1.807, 2.05) is 30.3 Å². The Kier molecular flexibility index (Phi) is 5.42. The Morgan fingerprint density at radius 2 is 2.27 bits per heavy atom. The molecule has 1 aromatic heterocycles. The van der Waals surface area contributed by atoms with Gasteiger partial charge in [0.2, 0.25) is 5.91 Å². The van der Waals surface area contributed by atoms with Gasteiger partial charge in [0.05, 0.1) is 11.9 Å². The molecule has 1 amide bonds. The number of nitrogens with one attached hydrogen (secondary N) is 1. The first-order chi connectivity index (χ1) is 10.8. The molecule has 0 spiro atoms. The van der Waals surface area contributed by atoms with Crippen LogP contribution >= 0.6 is 23.3 Å². The number of amides is 1. The second kappa shape index (κ2) is 7.71. The molecule has 116 valence electrons.